The zero-order valence-corrected chi connectivity index (χ0v) is 11.4. The number of alkyl halides is 1. The molecule has 2 rings (SSSR count). The Morgan fingerprint density at radius 3 is 3.06 bits per heavy atom. The zero-order chi connectivity index (χ0) is 13.0. The molecule has 0 saturated heterocycles. The fraction of sp³-hybridized carbons (Fsp3) is 0.500. The minimum atomic E-state index is 0.527. The van der Waals surface area contributed by atoms with Crippen LogP contribution in [0.3, 0.4) is 0 Å². The van der Waals surface area contributed by atoms with Gasteiger partial charge in [0.25, 0.3) is 0 Å². The van der Waals surface area contributed by atoms with E-state index in [9.17, 15) is 0 Å². The second-order valence-corrected chi connectivity index (χ2v) is 4.47. The lowest BCUT2D eigenvalue weighted by atomic mass is 10.4. The van der Waals surface area contributed by atoms with Crippen molar-refractivity contribution in [2.45, 2.75) is 6.92 Å². The molecular formula is C12H17ClN4O. The second kappa shape index (κ2) is 6.02. The molecule has 0 fully saturated rings. The largest absolute Gasteiger partial charge is 0.378 e. The Hall–Kier alpha value is -1.33. The third kappa shape index (κ3) is 2.91. The smallest absolute Gasteiger partial charge is 0.154 e. The summed E-state index contributed by atoms with van der Waals surface area (Å²) in [7, 11) is 1.99. The van der Waals surface area contributed by atoms with Gasteiger partial charge in [-0.3, -0.25) is 0 Å². The predicted molar refractivity (Wildman–Crippen MR) is 72.5 cm³/mol. The van der Waals surface area contributed by atoms with Crippen LogP contribution in [0.15, 0.2) is 18.5 Å². The van der Waals surface area contributed by atoms with Crippen molar-refractivity contribution in [2.75, 3.05) is 37.6 Å². The average molecular weight is 269 g/mol. The first-order valence-electron chi connectivity index (χ1n) is 5.88. The van der Waals surface area contributed by atoms with Gasteiger partial charge in [-0.2, -0.15) is 5.10 Å². The number of halogens is 1. The monoisotopic (exact) mass is 268 g/mol. The van der Waals surface area contributed by atoms with Crippen molar-refractivity contribution in [3.8, 4) is 0 Å². The fourth-order valence-corrected chi connectivity index (χ4v) is 1.90. The molecule has 18 heavy (non-hydrogen) atoms. The van der Waals surface area contributed by atoms with Crippen LogP contribution in [0.2, 0.25) is 0 Å². The first kappa shape index (κ1) is 13.1. The molecule has 2 heterocycles. The van der Waals surface area contributed by atoms with Gasteiger partial charge in [0.2, 0.25) is 0 Å². The SMILES string of the molecule is Cc1cc2c(N(C)CCOCCCl)nccn2n1. The summed E-state index contributed by atoms with van der Waals surface area (Å²) >= 11 is 5.55. The number of rotatable bonds is 6. The average Bonchev–Trinajstić information content (AvgIpc) is 2.74. The highest BCUT2D eigenvalue weighted by Crippen LogP contribution is 2.17. The van der Waals surface area contributed by atoms with Crippen LogP contribution < -0.4 is 4.90 Å². The Balaban J connectivity index is 2.09. The summed E-state index contributed by atoms with van der Waals surface area (Å²) in [5.41, 5.74) is 1.99. The van der Waals surface area contributed by atoms with E-state index >= 15 is 0 Å². The minimum absolute atomic E-state index is 0.527. The van der Waals surface area contributed by atoms with Crippen LogP contribution in [-0.2, 0) is 4.74 Å². The maximum absolute atomic E-state index is 5.55. The molecule has 6 heteroatoms. The number of fused-ring (bicyclic) bond motifs is 1. The summed E-state index contributed by atoms with van der Waals surface area (Å²) in [6.45, 7) is 3.96. The first-order valence-corrected chi connectivity index (χ1v) is 6.41. The summed E-state index contributed by atoms with van der Waals surface area (Å²) in [5, 5.41) is 4.37. The lowest BCUT2D eigenvalue weighted by Gasteiger charge is -2.18. The van der Waals surface area contributed by atoms with Crippen LogP contribution in [0, 0.1) is 6.92 Å². The zero-order valence-electron chi connectivity index (χ0n) is 10.6. The van der Waals surface area contributed by atoms with E-state index in [-0.39, 0.29) is 0 Å². The van der Waals surface area contributed by atoms with Crippen LogP contribution in [0.4, 0.5) is 5.82 Å². The quantitative estimate of drug-likeness (QED) is 0.591. The number of aromatic nitrogens is 3. The molecule has 0 aliphatic rings. The number of likely N-dealkylation sites (N-methyl/N-ethyl adjacent to an activating group) is 1. The van der Waals surface area contributed by atoms with Crippen molar-refractivity contribution in [1.82, 2.24) is 14.6 Å². The molecule has 0 amide bonds. The third-order valence-electron chi connectivity index (χ3n) is 2.65. The lowest BCUT2D eigenvalue weighted by molar-refractivity contribution is 0.156. The molecule has 98 valence electrons. The van der Waals surface area contributed by atoms with E-state index in [0.29, 0.717) is 19.1 Å². The van der Waals surface area contributed by atoms with Crippen LogP contribution in [0.5, 0.6) is 0 Å². The van der Waals surface area contributed by atoms with Gasteiger partial charge in [0.1, 0.15) is 5.52 Å². The summed E-state index contributed by atoms with van der Waals surface area (Å²) < 4.78 is 7.21. The highest BCUT2D eigenvalue weighted by Gasteiger charge is 2.09. The molecule has 2 aromatic rings. The molecule has 5 nitrogen and oxygen atoms in total. The number of anilines is 1. The molecule has 0 bridgehead atoms. The van der Waals surface area contributed by atoms with Gasteiger partial charge in [-0.15, -0.1) is 11.6 Å². The molecule has 0 radical (unpaired) electrons. The number of hydrogen-bond acceptors (Lipinski definition) is 4. The highest BCUT2D eigenvalue weighted by molar-refractivity contribution is 6.17. The standard InChI is InChI=1S/C12H17ClN4O/c1-10-9-11-12(14-4-5-17(11)15-10)16(2)6-8-18-7-3-13/h4-5,9H,3,6-8H2,1-2H3. The van der Waals surface area contributed by atoms with Crippen LogP contribution in [-0.4, -0.2) is 47.3 Å². The Morgan fingerprint density at radius 1 is 1.44 bits per heavy atom. The van der Waals surface area contributed by atoms with Crippen LogP contribution >= 0.6 is 11.6 Å². The van der Waals surface area contributed by atoms with Gasteiger partial charge in [-0.05, 0) is 13.0 Å². The van der Waals surface area contributed by atoms with Gasteiger partial charge < -0.3 is 9.64 Å². The van der Waals surface area contributed by atoms with Crippen molar-refractivity contribution in [1.29, 1.82) is 0 Å². The number of nitrogens with zero attached hydrogens (tertiary/aromatic N) is 4. The Kier molecular flexibility index (Phi) is 4.38. The molecule has 0 aliphatic carbocycles. The topological polar surface area (TPSA) is 42.7 Å². The van der Waals surface area contributed by atoms with Crippen LogP contribution in [0.1, 0.15) is 5.69 Å². The Labute approximate surface area is 111 Å². The maximum Gasteiger partial charge on any atom is 0.154 e. The number of ether oxygens (including phenoxy) is 1. The van der Waals surface area contributed by atoms with Crippen molar-refractivity contribution >= 4 is 22.9 Å². The van der Waals surface area contributed by atoms with Gasteiger partial charge in [-0.1, -0.05) is 0 Å². The van der Waals surface area contributed by atoms with E-state index < -0.39 is 0 Å². The highest BCUT2D eigenvalue weighted by atomic mass is 35.5. The molecule has 0 atom stereocenters. The maximum atomic E-state index is 5.55. The van der Waals surface area contributed by atoms with Gasteiger partial charge >= 0.3 is 0 Å². The lowest BCUT2D eigenvalue weighted by Crippen LogP contribution is -2.24. The van der Waals surface area contributed by atoms with E-state index in [0.717, 1.165) is 23.6 Å². The molecule has 0 N–H and O–H groups in total. The van der Waals surface area contributed by atoms with E-state index in [1.165, 1.54) is 0 Å². The van der Waals surface area contributed by atoms with Gasteiger partial charge in [0.05, 0.1) is 18.9 Å². The van der Waals surface area contributed by atoms with Crippen LogP contribution in [0.25, 0.3) is 5.52 Å². The van der Waals surface area contributed by atoms with Crippen molar-refractivity contribution in [3.05, 3.63) is 24.2 Å². The predicted octanol–water partition coefficient (Wildman–Crippen LogP) is 1.73. The van der Waals surface area contributed by atoms with E-state index in [1.54, 1.807) is 6.20 Å². The van der Waals surface area contributed by atoms with Crippen molar-refractivity contribution in [3.63, 3.8) is 0 Å². The van der Waals surface area contributed by atoms with E-state index in [2.05, 4.69) is 15.0 Å². The third-order valence-corrected chi connectivity index (χ3v) is 2.80. The summed E-state index contributed by atoms with van der Waals surface area (Å²) in [6, 6.07) is 2.03. The molecule has 0 aliphatic heterocycles. The summed E-state index contributed by atoms with van der Waals surface area (Å²) in [5.74, 6) is 1.44. The summed E-state index contributed by atoms with van der Waals surface area (Å²) in [6.07, 6.45) is 3.61. The number of aryl methyl sites for hydroxylation is 1. The molecule has 0 spiro atoms. The Morgan fingerprint density at radius 2 is 2.28 bits per heavy atom. The Bertz CT molecular complexity index is 514. The van der Waals surface area contributed by atoms with Gasteiger partial charge in [-0.25, -0.2) is 9.50 Å². The molecule has 0 saturated carbocycles. The van der Waals surface area contributed by atoms with E-state index in [1.807, 2.05) is 30.8 Å². The molecular weight excluding hydrogens is 252 g/mol. The summed E-state index contributed by atoms with van der Waals surface area (Å²) in [4.78, 5) is 6.46. The molecule has 2 aromatic heterocycles. The van der Waals surface area contributed by atoms with Gasteiger partial charge in [0.15, 0.2) is 5.82 Å². The molecule has 0 aromatic carbocycles. The van der Waals surface area contributed by atoms with Crippen molar-refractivity contribution in [2.24, 2.45) is 0 Å². The second-order valence-electron chi connectivity index (χ2n) is 4.09. The normalized spacial score (nSPS) is 11.1. The van der Waals surface area contributed by atoms with Crippen molar-refractivity contribution < 1.29 is 4.74 Å². The first-order chi connectivity index (χ1) is 8.72. The van der Waals surface area contributed by atoms with E-state index in [4.69, 9.17) is 16.3 Å². The number of hydrogen-bond donors (Lipinski definition) is 0. The molecule has 0 unspecified atom stereocenters. The fourth-order valence-electron chi connectivity index (χ4n) is 1.79. The minimum Gasteiger partial charge on any atom is -0.378 e. The van der Waals surface area contributed by atoms with Gasteiger partial charge in [0, 0.05) is 31.9 Å².